The molecule has 0 aromatic carbocycles. The van der Waals surface area contributed by atoms with Gasteiger partial charge in [-0.05, 0) is 40.0 Å². The van der Waals surface area contributed by atoms with Crippen LogP contribution in [0.25, 0.3) is 0 Å². The average Bonchev–Trinajstić information content (AvgIpc) is 2.33. The van der Waals surface area contributed by atoms with E-state index in [2.05, 4.69) is 5.32 Å². The van der Waals surface area contributed by atoms with Crippen molar-refractivity contribution in [3.8, 4) is 0 Å². The number of esters is 1. The number of ether oxygens (including phenoxy) is 3. The maximum atomic E-state index is 11.5. The van der Waals surface area contributed by atoms with Crippen molar-refractivity contribution in [1.82, 2.24) is 5.32 Å². The van der Waals surface area contributed by atoms with Gasteiger partial charge in [-0.15, -0.1) is 0 Å². The zero-order valence-corrected chi connectivity index (χ0v) is 14.0. The molecule has 0 aromatic rings. The van der Waals surface area contributed by atoms with E-state index in [-0.39, 0.29) is 24.4 Å². The number of rotatable bonds is 9. The van der Waals surface area contributed by atoms with Gasteiger partial charge < -0.3 is 19.5 Å². The molecule has 1 atom stereocenters. The normalized spacial score (nSPS) is 12.6. The third-order valence-corrected chi connectivity index (χ3v) is 2.56. The number of hydrogen-bond donors (Lipinski definition) is 1. The highest BCUT2D eigenvalue weighted by molar-refractivity contribution is 6.17. The number of carbonyl (C=O) groups excluding carboxylic acids is 2. The Kier molecular flexibility index (Phi) is 10.2. The molecule has 124 valence electrons. The van der Waals surface area contributed by atoms with Crippen molar-refractivity contribution in [3.63, 3.8) is 0 Å². The summed E-state index contributed by atoms with van der Waals surface area (Å²) in [6.45, 7) is 8.68. The average molecular weight is 324 g/mol. The fourth-order valence-corrected chi connectivity index (χ4v) is 1.70. The highest BCUT2D eigenvalue weighted by Crippen LogP contribution is 2.11. The minimum atomic E-state index is -0.529. The number of halogens is 1. The number of alkyl carbamates (subject to hydrolysis) is 1. The summed E-state index contributed by atoms with van der Waals surface area (Å²) < 4.78 is 15.2. The number of amides is 1. The number of nitrogens with one attached hydrogen (secondary N) is 1. The van der Waals surface area contributed by atoms with Gasteiger partial charge in [0.15, 0.2) is 6.07 Å². The molecule has 0 aromatic heterocycles. The molecule has 0 fully saturated rings. The fraction of sp³-hybridized carbons (Fsp3) is 0.857. The maximum Gasteiger partial charge on any atom is 0.407 e. The van der Waals surface area contributed by atoms with E-state index in [4.69, 9.17) is 25.8 Å². The number of hydrogen-bond acceptors (Lipinski definition) is 5. The van der Waals surface area contributed by atoms with Crippen LogP contribution in [-0.2, 0) is 19.0 Å². The summed E-state index contributed by atoms with van der Waals surface area (Å²) in [6, 6.07) is -0.156. The molecule has 21 heavy (non-hydrogen) atoms. The second-order valence-corrected chi connectivity index (χ2v) is 5.79. The third-order valence-electron chi connectivity index (χ3n) is 2.45. The van der Waals surface area contributed by atoms with E-state index in [0.717, 1.165) is 0 Å². The summed E-state index contributed by atoms with van der Waals surface area (Å²) in [7, 11) is 0. The Morgan fingerprint density at radius 3 is 2.48 bits per heavy atom. The SMILES string of the molecule is CCOCC(CCNC(=O)OC(C)(C)C)CC(=O)OCCl. The van der Waals surface area contributed by atoms with Crippen molar-refractivity contribution in [1.29, 1.82) is 0 Å². The summed E-state index contributed by atoms with van der Waals surface area (Å²) in [5.41, 5.74) is -0.529. The molecule has 0 radical (unpaired) electrons. The summed E-state index contributed by atoms with van der Waals surface area (Å²) in [4.78, 5) is 22.9. The predicted octanol–water partition coefficient (Wildman–Crippen LogP) is 2.68. The van der Waals surface area contributed by atoms with Crippen LogP contribution in [0.1, 0.15) is 40.5 Å². The zero-order chi connectivity index (χ0) is 16.3. The lowest BCUT2D eigenvalue weighted by Gasteiger charge is -2.20. The quantitative estimate of drug-likeness (QED) is 0.521. The van der Waals surface area contributed by atoms with E-state index >= 15 is 0 Å². The number of alkyl halides is 1. The standard InChI is InChI=1S/C14H26ClNO5/c1-5-19-9-11(8-12(17)20-10-15)6-7-16-13(18)21-14(2,3)4/h11H,5-10H2,1-4H3,(H,16,18). The molecule has 0 bridgehead atoms. The largest absolute Gasteiger partial charge is 0.449 e. The Morgan fingerprint density at radius 2 is 1.95 bits per heavy atom. The van der Waals surface area contributed by atoms with Crippen LogP contribution in [0.15, 0.2) is 0 Å². The molecule has 0 aliphatic carbocycles. The molecule has 0 rings (SSSR count). The van der Waals surface area contributed by atoms with Crippen molar-refractivity contribution < 1.29 is 23.8 Å². The maximum absolute atomic E-state index is 11.5. The lowest BCUT2D eigenvalue weighted by atomic mass is 10.0. The Balaban J connectivity index is 4.10. The second-order valence-electron chi connectivity index (χ2n) is 5.57. The van der Waals surface area contributed by atoms with E-state index in [9.17, 15) is 9.59 Å². The minimum absolute atomic E-state index is 0.0318. The van der Waals surface area contributed by atoms with Crippen LogP contribution in [0, 0.1) is 5.92 Å². The van der Waals surface area contributed by atoms with Gasteiger partial charge in [0.05, 0.1) is 6.42 Å². The lowest BCUT2D eigenvalue weighted by molar-refractivity contribution is -0.143. The van der Waals surface area contributed by atoms with E-state index in [0.29, 0.717) is 26.2 Å². The summed E-state index contributed by atoms with van der Waals surface area (Å²) in [5.74, 6) is -0.400. The molecule has 0 spiro atoms. The Hall–Kier alpha value is -1.01. The molecule has 1 amide bonds. The van der Waals surface area contributed by atoms with Crippen LogP contribution < -0.4 is 5.32 Å². The van der Waals surface area contributed by atoms with Crippen LogP contribution in [0.2, 0.25) is 0 Å². The molecule has 0 saturated carbocycles. The van der Waals surface area contributed by atoms with Crippen molar-refractivity contribution in [2.24, 2.45) is 5.92 Å². The van der Waals surface area contributed by atoms with Gasteiger partial charge in [0.1, 0.15) is 5.60 Å². The van der Waals surface area contributed by atoms with E-state index in [1.807, 2.05) is 6.92 Å². The predicted molar refractivity (Wildman–Crippen MR) is 80.3 cm³/mol. The van der Waals surface area contributed by atoms with Crippen molar-refractivity contribution in [2.45, 2.75) is 46.1 Å². The molecule has 1 N–H and O–H groups in total. The summed E-state index contributed by atoms with van der Waals surface area (Å²) in [6.07, 6.45) is 0.334. The molecule has 0 saturated heterocycles. The van der Waals surface area contributed by atoms with Crippen LogP contribution >= 0.6 is 11.6 Å². The molecule has 0 aliphatic heterocycles. The van der Waals surface area contributed by atoms with Gasteiger partial charge in [0.25, 0.3) is 0 Å². The van der Waals surface area contributed by atoms with Gasteiger partial charge in [0.2, 0.25) is 0 Å². The number of carbonyl (C=O) groups is 2. The van der Waals surface area contributed by atoms with Gasteiger partial charge in [0, 0.05) is 19.8 Å². The topological polar surface area (TPSA) is 73.9 Å². The van der Waals surface area contributed by atoms with Gasteiger partial charge in [-0.2, -0.15) is 0 Å². The third kappa shape index (κ3) is 12.4. The van der Waals surface area contributed by atoms with E-state index in [1.54, 1.807) is 20.8 Å². The Bertz CT molecular complexity index is 317. The second kappa shape index (κ2) is 10.7. The highest BCUT2D eigenvalue weighted by Gasteiger charge is 2.18. The molecular weight excluding hydrogens is 298 g/mol. The first-order valence-electron chi connectivity index (χ1n) is 7.04. The Labute approximate surface area is 131 Å². The first-order valence-corrected chi connectivity index (χ1v) is 7.58. The van der Waals surface area contributed by atoms with Gasteiger partial charge in [-0.3, -0.25) is 4.79 Å². The van der Waals surface area contributed by atoms with Crippen molar-refractivity contribution in [3.05, 3.63) is 0 Å². The first-order chi connectivity index (χ1) is 9.78. The lowest BCUT2D eigenvalue weighted by Crippen LogP contribution is -2.34. The molecule has 1 unspecified atom stereocenters. The van der Waals surface area contributed by atoms with Crippen LogP contribution in [0.4, 0.5) is 4.79 Å². The van der Waals surface area contributed by atoms with Crippen LogP contribution in [0.5, 0.6) is 0 Å². The fourth-order valence-electron chi connectivity index (χ4n) is 1.58. The van der Waals surface area contributed by atoms with Crippen LogP contribution in [0.3, 0.4) is 0 Å². The monoisotopic (exact) mass is 323 g/mol. The van der Waals surface area contributed by atoms with E-state index < -0.39 is 11.7 Å². The van der Waals surface area contributed by atoms with Crippen molar-refractivity contribution >= 4 is 23.7 Å². The van der Waals surface area contributed by atoms with Gasteiger partial charge in [-0.1, -0.05) is 11.6 Å². The minimum Gasteiger partial charge on any atom is -0.449 e. The smallest absolute Gasteiger partial charge is 0.407 e. The molecule has 6 nitrogen and oxygen atoms in total. The Morgan fingerprint density at radius 1 is 1.29 bits per heavy atom. The molecule has 0 heterocycles. The van der Waals surface area contributed by atoms with Crippen LogP contribution in [-0.4, -0.2) is 43.5 Å². The highest BCUT2D eigenvalue weighted by atomic mass is 35.5. The molecule has 7 heteroatoms. The summed E-state index contributed by atoms with van der Waals surface area (Å²) in [5, 5.41) is 2.66. The van der Waals surface area contributed by atoms with Gasteiger partial charge in [-0.25, -0.2) is 4.79 Å². The first kappa shape index (κ1) is 20.0. The molecule has 0 aliphatic rings. The zero-order valence-electron chi connectivity index (χ0n) is 13.2. The van der Waals surface area contributed by atoms with Crippen molar-refractivity contribution in [2.75, 3.05) is 25.8 Å². The van der Waals surface area contributed by atoms with Gasteiger partial charge >= 0.3 is 12.1 Å². The molecular formula is C14H26ClNO5. The van der Waals surface area contributed by atoms with E-state index in [1.165, 1.54) is 0 Å². The summed E-state index contributed by atoms with van der Waals surface area (Å²) >= 11 is 5.34.